The predicted molar refractivity (Wildman–Crippen MR) is 77.5 cm³/mol. The SMILES string of the molecule is CC1(C)CN(S(=O)(=O)c2ccsc2CN)CCS1. The van der Waals surface area contributed by atoms with Crippen molar-refractivity contribution in [2.45, 2.75) is 30.0 Å². The summed E-state index contributed by atoms with van der Waals surface area (Å²) >= 11 is 3.22. The van der Waals surface area contributed by atoms with Crippen molar-refractivity contribution in [2.24, 2.45) is 5.73 Å². The average Bonchev–Trinajstić information content (AvgIpc) is 2.76. The second-order valence-corrected chi connectivity index (χ2v) is 9.57. The first kappa shape index (κ1) is 14.3. The molecule has 2 heterocycles. The summed E-state index contributed by atoms with van der Waals surface area (Å²) in [4.78, 5) is 1.13. The van der Waals surface area contributed by atoms with Crippen LogP contribution in [0.15, 0.2) is 16.3 Å². The van der Waals surface area contributed by atoms with Crippen LogP contribution in [0.4, 0.5) is 0 Å². The lowest BCUT2D eigenvalue weighted by Gasteiger charge is -2.36. The monoisotopic (exact) mass is 306 g/mol. The molecule has 0 saturated carbocycles. The van der Waals surface area contributed by atoms with Crippen LogP contribution < -0.4 is 5.73 Å². The van der Waals surface area contributed by atoms with E-state index in [2.05, 4.69) is 13.8 Å². The van der Waals surface area contributed by atoms with Gasteiger partial charge in [-0.2, -0.15) is 16.1 Å². The maximum atomic E-state index is 12.6. The van der Waals surface area contributed by atoms with E-state index in [1.54, 1.807) is 15.8 Å². The summed E-state index contributed by atoms with van der Waals surface area (Å²) < 4.78 is 26.7. The normalized spacial score (nSPS) is 21.1. The Balaban J connectivity index is 2.32. The second kappa shape index (κ2) is 5.13. The summed E-state index contributed by atoms with van der Waals surface area (Å²) in [5.74, 6) is 0.842. The van der Waals surface area contributed by atoms with E-state index in [-0.39, 0.29) is 11.3 Å². The molecule has 0 radical (unpaired) electrons. The minimum Gasteiger partial charge on any atom is -0.326 e. The predicted octanol–water partition coefficient (Wildman–Crippen LogP) is 1.72. The highest BCUT2D eigenvalue weighted by atomic mass is 32.2. The highest BCUT2D eigenvalue weighted by Gasteiger charge is 2.35. The average molecular weight is 306 g/mol. The first-order valence-corrected chi connectivity index (χ1v) is 9.08. The first-order chi connectivity index (χ1) is 8.37. The van der Waals surface area contributed by atoms with Gasteiger partial charge in [0.1, 0.15) is 0 Å². The fourth-order valence-corrected chi connectivity index (χ4v) is 6.24. The largest absolute Gasteiger partial charge is 0.326 e. The van der Waals surface area contributed by atoms with Crippen molar-refractivity contribution < 1.29 is 8.42 Å². The molecule has 1 aromatic rings. The number of rotatable bonds is 3. The Kier molecular flexibility index (Phi) is 4.08. The number of hydrogen-bond acceptors (Lipinski definition) is 5. The summed E-state index contributed by atoms with van der Waals surface area (Å²) in [6.45, 7) is 5.57. The van der Waals surface area contributed by atoms with Crippen molar-refractivity contribution in [2.75, 3.05) is 18.8 Å². The quantitative estimate of drug-likeness (QED) is 0.923. The van der Waals surface area contributed by atoms with E-state index >= 15 is 0 Å². The lowest BCUT2D eigenvalue weighted by Crippen LogP contribution is -2.46. The fraction of sp³-hybridized carbons (Fsp3) is 0.636. The second-order valence-electron chi connectivity index (χ2n) is 4.86. The molecule has 4 nitrogen and oxygen atoms in total. The lowest BCUT2D eigenvalue weighted by molar-refractivity contribution is 0.387. The highest BCUT2D eigenvalue weighted by molar-refractivity contribution is 8.00. The number of hydrogen-bond donors (Lipinski definition) is 1. The third-order valence-electron chi connectivity index (χ3n) is 2.90. The van der Waals surface area contributed by atoms with Gasteiger partial charge in [0.15, 0.2) is 0 Å². The molecule has 1 saturated heterocycles. The molecule has 0 atom stereocenters. The summed E-state index contributed by atoms with van der Waals surface area (Å²) in [6, 6.07) is 1.66. The minimum absolute atomic E-state index is 0.0236. The molecule has 0 aliphatic carbocycles. The molecule has 0 spiro atoms. The van der Waals surface area contributed by atoms with E-state index in [0.717, 1.165) is 10.6 Å². The van der Waals surface area contributed by atoms with E-state index in [9.17, 15) is 8.42 Å². The molecule has 1 fully saturated rings. The zero-order valence-corrected chi connectivity index (χ0v) is 13.0. The smallest absolute Gasteiger partial charge is 0.244 e. The molecule has 1 aliphatic rings. The Hall–Kier alpha value is -0.0800. The molecule has 1 aliphatic heterocycles. The van der Waals surface area contributed by atoms with Crippen molar-refractivity contribution >= 4 is 33.1 Å². The highest BCUT2D eigenvalue weighted by Crippen LogP contribution is 2.33. The van der Waals surface area contributed by atoms with Gasteiger partial charge in [-0.3, -0.25) is 0 Å². The van der Waals surface area contributed by atoms with Crippen molar-refractivity contribution in [3.8, 4) is 0 Å². The van der Waals surface area contributed by atoms with E-state index in [4.69, 9.17) is 5.73 Å². The third kappa shape index (κ3) is 2.75. The summed E-state index contributed by atoms with van der Waals surface area (Å²) in [5, 5.41) is 1.79. The molecule has 0 unspecified atom stereocenters. The molecule has 2 rings (SSSR count). The molecular formula is C11H18N2O2S3. The van der Waals surface area contributed by atoms with Gasteiger partial charge in [0.2, 0.25) is 10.0 Å². The zero-order chi connectivity index (χ0) is 13.4. The number of sulfonamides is 1. The Morgan fingerprint density at radius 1 is 1.50 bits per heavy atom. The molecule has 0 bridgehead atoms. The first-order valence-electron chi connectivity index (χ1n) is 5.77. The molecule has 2 N–H and O–H groups in total. The van der Waals surface area contributed by atoms with Crippen molar-refractivity contribution in [3.05, 3.63) is 16.3 Å². The summed E-state index contributed by atoms with van der Waals surface area (Å²) in [5.41, 5.74) is 5.60. The van der Waals surface area contributed by atoms with Crippen molar-refractivity contribution in [3.63, 3.8) is 0 Å². The summed E-state index contributed by atoms with van der Waals surface area (Å²) in [6.07, 6.45) is 0. The van der Waals surface area contributed by atoms with E-state index in [1.165, 1.54) is 11.3 Å². The Bertz CT molecular complexity index is 522. The van der Waals surface area contributed by atoms with Crippen LogP contribution in [0.3, 0.4) is 0 Å². The van der Waals surface area contributed by atoms with Crippen LogP contribution in [0.5, 0.6) is 0 Å². The number of nitrogens with two attached hydrogens (primary N) is 1. The molecule has 0 amide bonds. The molecule has 18 heavy (non-hydrogen) atoms. The van der Waals surface area contributed by atoms with E-state index < -0.39 is 10.0 Å². The number of nitrogens with zero attached hydrogens (tertiary/aromatic N) is 1. The van der Waals surface area contributed by atoms with E-state index in [1.807, 2.05) is 11.8 Å². The van der Waals surface area contributed by atoms with Gasteiger partial charge < -0.3 is 5.73 Å². The zero-order valence-electron chi connectivity index (χ0n) is 10.5. The summed E-state index contributed by atoms with van der Waals surface area (Å²) in [7, 11) is -3.38. The van der Waals surface area contributed by atoms with Crippen LogP contribution in [-0.2, 0) is 16.6 Å². The van der Waals surface area contributed by atoms with Crippen molar-refractivity contribution in [1.82, 2.24) is 4.31 Å². The van der Waals surface area contributed by atoms with Crippen molar-refractivity contribution in [1.29, 1.82) is 0 Å². The molecule has 1 aromatic heterocycles. The van der Waals surface area contributed by atoms with Gasteiger partial charge in [0, 0.05) is 35.0 Å². The van der Waals surface area contributed by atoms with Crippen LogP contribution in [0.25, 0.3) is 0 Å². The topological polar surface area (TPSA) is 63.4 Å². The van der Waals surface area contributed by atoms with Gasteiger partial charge in [-0.25, -0.2) is 8.42 Å². The van der Waals surface area contributed by atoms with E-state index in [0.29, 0.717) is 18.0 Å². The van der Waals surface area contributed by atoms with Gasteiger partial charge >= 0.3 is 0 Å². The standard InChI is InChI=1S/C11H18N2O2S3/c1-11(2)8-13(4-6-17-11)18(14,15)10-3-5-16-9(10)7-12/h3,5H,4,6-8,12H2,1-2H3. The molecule has 0 aromatic carbocycles. The van der Waals surface area contributed by atoms with Gasteiger partial charge in [-0.1, -0.05) is 0 Å². The molecule has 102 valence electrons. The fourth-order valence-electron chi connectivity index (χ4n) is 2.02. The number of thiophene rings is 1. The van der Waals surface area contributed by atoms with Crippen LogP contribution in [0, 0.1) is 0 Å². The maximum Gasteiger partial charge on any atom is 0.244 e. The van der Waals surface area contributed by atoms with Crippen LogP contribution in [-0.4, -0.2) is 36.3 Å². The lowest BCUT2D eigenvalue weighted by atomic mass is 10.2. The van der Waals surface area contributed by atoms with Crippen LogP contribution >= 0.6 is 23.1 Å². The Morgan fingerprint density at radius 2 is 2.22 bits per heavy atom. The van der Waals surface area contributed by atoms with Crippen LogP contribution in [0.1, 0.15) is 18.7 Å². The maximum absolute atomic E-state index is 12.6. The Labute approximate surface area is 117 Å². The third-order valence-corrected chi connectivity index (χ3v) is 7.20. The van der Waals surface area contributed by atoms with Gasteiger partial charge in [-0.15, -0.1) is 11.3 Å². The van der Waals surface area contributed by atoms with Gasteiger partial charge in [0.05, 0.1) is 4.90 Å². The molecular weight excluding hydrogens is 288 g/mol. The van der Waals surface area contributed by atoms with Crippen LogP contribution in [0.2, 0.25) is 0 Å². The number of thioether (sulfide) groups is 1. The molecule has 7 heteroatoms. The Morgan fingerprint density at radius 3 is 2.83 bits per heavy atom. The van der Waals surface area contributed by atoms with Gasteiger partial charge in [-0.05, 0) is 25.3 Å². The van der Waals surface area contributed by atoms with Gasteiger partial charge in [0.25, 0.3) is 0 Å². The minimum atomic E-state index is -3.38.